The fraction of sp³-hybridized carbons (Fsp3) is 0.364. The van der Waals surface area contributed by atoms with E-state index in [0.717, 1.165) is 48.7 Å². The highest BCUT2D eigenvalue weighted by atomic mass is 16.5. The van der Waals surface area contributed by atoms with Crippen LogP contribution in [0.3, 0.4) is 0 Å². The van der Waals surface area contributed by atoms with E-state index in [1.54, 1.807) is 7.11 Å². The number of para-hydroxylation sites is 2. The van der Waals surface area contributed by atoms with Crippen molar-refractivity contribution in [3.63, 3.8) is 0 Å². The third-order valence-electron chi connectivity index (χ3n) is 5.27. The summed E-state index contributed by atoms with van der Waals surface area (Å²) in [4.78, 5) is 28.7. The molecule has 0 aliphatic carbocycles. The molecule has 0 saturated carbocycles. The number of carbonyl (C=O) groups is 2. The van der Waals surface area contributed by atoms with Crippen molar-refractivity contribution < 1.29 is 14.3 Å². The van der Waals surface area contributed by atoms with Gasteiger partial charge in [0.15, 0.2) is 0 Å². The molecule has 7 heteroatoms. The number of benzene rings is 2. The van der Waals surface area contributed by atoms with E-state index in [-0.39, 0.29) is 12.5 Å². The Morgan fingerprint density at radius 2 is 1.72 bits per heavy atom. The molecule has 154 valence electrons. The van der Waals surface area contributed by atoms with Crippen molar-refractivity contribution in [2.45, 2.75) is 13.8 Å². The summed E-state index contributed by atoms with van der Waals surface area (Å²) in [6.07, 6.45) is 0. The van der Waals surface area contributed by atoms with Crippen LogP contribution in [0.2, 0.25) is 0 Å². The zero-order valence-electron chi connectivity index (χ0n) is 17.2. The molecular weight excluding hydrogens is 368 g/mol. The fourth-order valence-electron chi connectivity index (χ4n) is 3.45. The minimum atomic E-state index is -0.503. The van der Waals surface area contributed by atoms with Crippen LogP contribution in [0, 0.1) is 13.8 Å². The quantitative estimate of drug-likeness (QED) is 0.813. The molecule has 2 N–H and O–H groups in total. The first-order chi connectivity index (χ1) is 14.0. The van der Waals surface area contributed by atoms with E-state index in [9.17, 15) is 9.59 Å². The molecule has 1 aliphatic heterocycles. The average molecular weight is 396 g/mol. The first-order valence-corrected chi connectivity index (χ1v) is 9.75. The number of hydrogen-bond acceptors (Lipinski definition) is 5. The highest BCUT2D eigenvalue weighted by molar-refractivity contribution is 6.02. The van der Waals surface area contributed by atoms with Gasteiger partial charge in [-0.05, 0) is 43.2 Å². The molecule has 1 heterocycles. The van der Waals surface area contributed by atoms with Gasteiger partial charge in [-0.1, -0.05) is 24.3 Å². The van der Waals surface area contributed by atoms with Crippen LogP contribution < -0.4 is 20.3 Å². The van der Waals surface area contributed by atoms with E-state index in [2.05, 4.69) is 15.5 Å². The van der Waals surface area contributed by atoms with Gasteiger partial charge in [0.05, 0.1) is 19.3 Å². The third-order valence-corrected chi connectivity index (χ3v) is 5.27. The summed E-state index contributed by atoms with van der Waals surface area (Å²) in [6, 6.07) is 13.1. The summed E-state index contributed by atoms with van der Waals surface area (Å²) < 4.78 is 5.43. The van der Waals surface area contributed by atoms with Crippen LogP contribution >= 0.6 is 0 Å². The minimum absolute atomic E-state index is 0.194. The van der Waals surface area contributed by atoms with Crippen molar-refractivity contribution in [2.75, 3.05) is 50.1 Å². The number of nitrogens with one attached hydrogen (secondary N) is 2. The molecule has 0 bridgehead atoms. The first kappa shape index (κ1) is 20.7. The Morgan fingerprint density at radius 1 is 1.00 bits per heavy atom. The fourth-order valence-corrected chi connectivity index (χ4v) is 3.45. The van der Waals surface area contributed by atoms with Gasteiger partial charge in [-0.25, -0.2) is 4.79 Å². The lowest BCUT2D eigenvalue weighted by Crippen LogP contribution is -2.50. The molecule has 1 fully saturated rings. The second kappa shape index (κ2) is 9.43. The van der Waals surface area contributed by atoms with Crippen molar-refractivity contribution in [3.05, 3.63) is 53.6 Å². The highest BCUT2D eigenvalue weighted by Gasteiger charge is 2.21. The molecule has 2 aromatic rings. The van der Waals surface area contributed by atoms with Gasteiger partial charge in [0.25, 0.3) is 0 Å². The van der Waals surface area contributed by atoms with E-state index >= 15 is 0 Å². The predicted octanol–water partition coefficient (Wildman–Crippen LogP) is 2.78. The summed E-state index contributed by atoms with van der Waals surface area (Å²) >= 11 is 0. The number of nitrogens with zero attached hydrogens (tertiary/aromatic N) is 2. The van der Waals surface area contributed by atoms with E-state index in [0.29, 0.717) is 5.69 Å². The number of urea groups is 1. The van der Waals surface area contributed by atoms with E-state index in [4.69, 9.17) is 4.74 Å². The number of carbonyl (C=O) groups excluding carboxylic acids is 2. The Morgan fingerprint density at radius 3 is 2.45 bits per heavy atom. The van der Waals surface area contributed by atoms with Crippen LogP contribution in [0.5, 0.6) is 5.75 Å². The van der Waals surface area contributed by atoms with Crippen molar-refractivity contribution in [1.82, 2.24) is 10.2 Å². The van der Waals surface area contributed by atoms with Gasteiger partial charge in [-0.2, -0.15) is 0 Å². The number of imide groups is 1. The maximum atomic E-state index is 12.3. The zero-order chi connectivity index (χ0) is 20.8. The summed E-state index contributed by atoms with van der Waals surface area (Å²) in [7, 11) is 1.67. The zero-order valence-corrected chi connectivity index (χ0v) is 17.2. The van der Waals surface area contributed by atoms with E-state index < -0.39 is 6.03 Å². The van der Waals surface area contributed by atoms with Crippen LogP contribution in [0.1, 0.15) is 11.1 Å². The first-order valence-electron chi connectivity index (χ1n) is 9.75. The Bertz CT molecular complexity index is 876. The summed E-state index contributed by atoms with van der Waals surface area (Å²) in [5.41, 5.74) is 3.84. The second-order valence-corrected chi connectivity index (χ2v) is 7.18. The Labute approximate surface area is 171 Å². The SMILES string of the molecule is COc1ccccc1N1CCN(CC(=O)NC(=O)Nc2cccc(C)c2C)CC1. The summed E-state index contributed by atoms with van der Waals surface area (Å²) in [5, 5.41) is 5.17. The number of aryl methyl sites for hydroxylation is 1. The number of ether oxygens (including phenoxy) is 1. The van der Waals surface area contributed by atoms with Crippen molar-refractivity contribution in [1.29, 1.82) is 0 Å². The molecule has 0 spiro atoms. The number of hydrogen-bond donors (Lipinski definition) is 2. The lowest BCUT2D eigenvalue weighted by molar-refractivity contribution is -0.121. The molecule has 7 nitrogen and oxygen atoms in total. The molecule has 1 aliphatic rings. The van der Waals surface area contributed by atoms with Gasteiger partial charge < -0.3 is 15.0 Å². The molecule has 0 aromatic heterocycles. The Hall–Kier alpha value is -3.06. The van der Waals surface area contributed by atoms with Crippen molar-refractivity contribution in [2.24, 2.45) is 0 Å². The van der Waals surface area contributed by atoms with Crippen LogP contribution in [0.15, 0.2) is 42.5 Å². The molecule has 2 aromatic carbocycles. The van der Waals surface area contributed by atoms with E-state index in [1.165, 1.54) is 0 Å². The molecule has 0 unspecified atom stereocenters. The predicted molar refractivity (Wildman–Crippen MR) is 115 cm³/mol. The van der Waals surface area contributed by atoms with Crippen LogP contribution in [-0.2, 0) is 4.79 Å². The lowest BCUT2D eigenvalue weighted by atomic mass is 10.1. The van der Waals surface area contributed by atoms with E-state index in [1.807, 2.05) is 61.2 Å². The number of piperazine rings is 1. The average Bonchev–Trinajstić information content (AvgIpc) is 2.72. The number of anilines is 2. The number of amides is 3. The smallest absolute Gasteiger partial charge is 0.325 e. The summed E-state index contributed by atoms with van der Waals surface area (Å²) in [5.74, 6) is 0.542. The molecule has 3 rings (SSSR count). The lowest BCUT2D eigenvalue weighted by Gasteiger charge is -2.36. The van der Waals surface area contributed by atoms with Gasteiger partial charge in [-0.3, -0.25) is 15.0 Å². The van der Waals surface area contributed by atoms with Crippen molar-refractivity contribution >= 4 is 23.3 Å². The molecule has 1 saturated heterocycles. The molecule has 0 atom stereocenters. The van der Waals surface area contributed by atoms with Crippen LogP contribution in [-0.4, -0.2) is 56.7 Å². The molecule has 0 radical (unpaired) electrons. The maximum Gasteiger partial charge on any atom is 0.325 e. The summed E-state index contributed by atoms with van der Waals surface area (Å²) in [6.45, 7) is 7.18. The molecule has 29 heavy (non-hydrogen) atoms. The van der Waals surface area contributed by atoms with Gasteiger partial charge in [-0.15, -0.1) is 0 Å². The second-order valence-electron chi connectivity index (χ2n) is 7.18. The van der Waals surface area contributed by atoms with Crippen LogP contribution in [0.25, 0.3) is 0 Å². The van der Waals surface area contributed by atoms with Crippen molar-refractivity contribution in [3.8, 4) is 5.75 Å². The van der Waals surface area contributed by atoms with Gasteiger partial charge >= 0.3 is 6.03 Å². The molecule has 3 amide bonds. The number of methoxy groups -OCH3 is 1. The molecular formula is C22H28N4O3. The van der Waals surface area contributed by atoms with Crippen LogP contribution in [0.4, 0.5) is 16.2 Å². The standard InChI is InChI=1S/C22H28N4O3/c1-16-7-6-8-18(17(16)2)23-22(28)24-21(27)15-25-11-13-26(14-12-25)19-9-4-5-10-20(19)29-3/h4-10H,11-15H2,1-3H3,(H2,23,24,27,28). The highest BCUT2D eigenvalue weighted by Crippen LogP contribution is 2.28. The Kier molecular flexibility index (Phi) is 6.72. The van der Waals surface area contributed by atoms with Gasteiger partial charge in [0, 0.05) is 31.9 Å². The third kappa shape index (κ3) is 5.26. The maximum absolute atomic E-state index is 12.3. The Balaban J connectivity index is 1.47. The normalized spacial score (nSPS) is 14.4. The van der Waals surface area contributed by atoms with Gasteiger partial charge in [0.1, 0.15) is 5.75 Å². The number of rotatable bonds is 5. The largest absolute Gasteiger partial charge is 0.495 e. The van der Waals surface area contributed by atoms with Gasteiger partial charge in [0.2, 0.25) is 5.91 Å². The topological polar surface area (TPSA) is 73.9 Å². The minimum Gasteiger partial charge on any atom is -0.495 e. The monoisotopic (exact) mass is 396 g/mol.